The highest BCUT2D eigenvalue weighted by molar-refractivity contribution is 9.10. The van der Waals surface area contributed by atoms with Crippen LogP contribution in [0.1, 0.15) is 47.4 Å². The van der Waals surface area contributed by atoms with Crippen molar-refractivity contribution in [2.75, 3.05) is 36.8 Å². The molecule has 2 saturated heterocycles. The van der Waals surface area contributed by atoms with E-state index in [9.17, 15) is 19.6 Å². The molecule has 3 fully saturated rings. The first kappa shape index (κ1) is 32.6. The maximum absolute atomic E-state index is 12.7. The molecule has 0 unspecified atom stereocenters. The lowest BCUT2D eigenvalue weighted by atomic mass is 10.1. The number of amides is 3. The number of imidazole rings is 2. The van der Waals surface area contributed by atoms with Gasteiger partial charge in [-0.15, -0.1) is 0 Å². The Hall–Kier alpha value is -4.34. The van der Waals surface area contributed by atoms with E-state index in [1.165, 1.54) is 12.4 Å². The first-order valence-corrected chi connectivity index (χ1v) is 16.6. The van der Waals surface area contributed by atoms with Crippen LogP contribution in [0.5, 0.6) is 0 Å². The van der Waals surface area contributed by atoms with Gasteiger partial charge in [-0.1, -0.05) is 13.8 Å². The van der Waals surface area contributed by atoms with E-state index in [1.807, 2.05) is 6.92 Å². The number of carbonyl (C=O) groups is 3. The molecule has 0 radical (unpaired) electrons. The minimum absolute atomic E-state index is 0.0942. The van der Waals surface area contributed by atoms with Crippen LogP contribution >= 0.6 is 31.9 Å². The molecule has 0 spiro atoms. The summed E-state index contributed by atoms with van der Waals surface area (Å²) < 4.78 is 4.41. The van der Waals surface area contributed by atoms with Gasteiger partial charge in [-0.3, -0.25) is 14.4 Å². The van der Waals surface area contributed by atoms with E-state index in [0.29, 0.717) is 69.3 Å². The summed E-state index contributed by atoms with van der Waals surface area (Å²) in [5.41, 5.74) is 12.9. The number of nitriles is 1. The molecule has 246 valence electrons. The third-order valence-corrected chi connectivity index (χ3v) is 9.67. The van der Waals surface area contributed by atoms with Crippen LogP contribution in [0.15, 0.2) is 34.0 Å². The van der Waals surface area contributed by atoms with Crippen molar-refractivity contribution in [2.45, 2.75) is 38.8 Å². The van der Waals surface area contributed by atoms with Crippen LogP contribution in [0, 0.1) is 28.6 Å². The van der Waals surface area contributed by atoms with Gasteiger partial charge in [0.1, 0.15) is 14.6 Å². The topological polar surface area (TPSA) is 227 Å². The van der Waals surface area contributed by atoms with Crippen molar-refractivity contribution in [1.82, 2.24) is 39.4 Å². The minimum atomic E-state index is -0.828. The van der Waals surface area contributed by atoms with Crippen LogP contribution in [0.2, 0.25) is 0 Å². The van der Waals surface area contributed by atoms with E-state index in [0.717, 1.165) is 13.1 Å². The SMILES string of the molecule is C[C@H]1CN(C(=O)C2(C#N)CC2)C[C@H]1Nc1c(C(N)=O)cnn2cc(Br)nc12.C[C@H]1CNC[C@H]1Nc1c(C(N)=O)cnn2cc(Br)nc12. The molecule has 2 aliphatic heterocycles. The number of rotatable bonds is 7. The average molecular weight is 771 g/mol. The summed E-state index contributed by atoms with van der Waals surface area (Å²) in [4.78, 5) is 46.6. The van der Waals surface area contributed by atoms with Gasteiger partial charge in [-0.25, -0.2) is 19.0 Å². The molecule has 1 saturated carbocycles. The van der Waals surface area contributed by atoms with Crippen LogP contribution in [0.4, 0.5) is 11.4 Å². The number of likely N-dealkylation sites (tertiary alicyclic amines) is 1. The number of hydrogen-bond donors (Lipinski definition) is 5. The Labute approximate surface area is 285 Å². The zero-order chi connectivity index (χ0) is 33.6. The fourth-order valence-electron chi connectivity index (χ4n) is 5.97. The van der Waals surface area contributed by atoms with Crippen molar-refractivity contribution in [3.05, 3.63) is 45.1 Å². The number of halogens is 2. The van der Waals surface area contributed by atoms with E-state index in [4.69, 9.17) is 11.5 Å². The summed E-state index contributed by atoms with van der Waals surface area (Å²) in [5.74, 6) is -0.621. The zero-order valence-corrected chi connectivity index (χ0v) is 28.7. The van der Waals surface area contributed by atoms with E-state index >= 15 is 0 Å². The van der Waals surface area contributed by atoms with E-state index in [1.54, 1.807) is 26.3 Å². The number of nitrogens with zero attached hydrogens (tertiary/aromatic N) is 8. The van der Waals surface area contributed by atoms with Gasteiger partial charge in [0.25, 0.3) is 11.8 Å². The van der Waals surface area contributed by atoms with Crippen LogP contribution in [0.25, 0.3) is 11.3 Å². The molecule has 6 heterocycles. The van der Waals surface area contributed by atoms with Gasteiger partial charge in [0.05, 0.1) is 53.4 Å². The van der Waals surface area contributed by atoms with E-state index in [2.05, 4.69) is 81.0 Å². The maximum Gasteiger partial charge on any atom is 0.252 e. The fraction of sp³-hybridized carbons (Fsp3) is 0.448. The normalized spacial score (nSPS) is 22.8. The third-order valence-electron chi connectivity index (χ3n) is 8.91. The molecular weight excluding hydrogens is 738 g/mol. The van der Waals surface area contributed by atoms with Crippen molar-refractivity contribution in [3.63, 3.8) is 0 Å². The Morgan fingerprint density at radius 3 is 1.87 bits per heavy atom. The van der Waals surface area contributed by atoms with Crippen molar-refractivity contribution in [3.8, 4) is 6.07 Å². The highest BCUT2D eigenvalue weighted by Gasteiger charge is 2.54. The molecule has 16 nitrogen and oxygen atoms in total. The molecule has 0 aromatic carbocycles. The number of hydrogen-bond acceptors (Lipinski definition) is 11. The third kappa shape index (κ3) is 6.34. The van der Waals surface area contributed by atoms with Crippen LogP contribution in [-0.2, 0) is 4.79 Å². The van der Waals surface area contributed by atoms with Crippen molar-refractivity contribution >= 4 is 72.3 Å². The highest BCUT2D eigenvalue weighted by Crippen LogP contribution is 2.47. The molecule has 4 aromatic heterocycles. The molecule has 7 N–H and O–H groups in total. The fourth-order valence-corrected chi connectivity index (χ4v) is 6.69. The summed E-state index contributed by atoms with van der Waals surface area (Å²) >= 11 is 6.63. The van der Waals surface area contributed by atoms with E-state index < -0.39 is 17.2 Å². The summed E-state index contributed by atoms with van der Waals surface area (Å²) in [5, 5.41) is 27.6. The van der Waals surface area contributed by atoms with Crippen LogP contribution < -0.4 is 27.4 Å². The van der Waals surface area contributed by atoms with Gasteiger partial charge < -0.3 is 32.3 Å². The molecular formula is C29H33Br2N13O3. The molecule has 3 aliphatic rings. The average Bonchev–Trinajstić information content (AvgIpc) is 3.26. The number of primary amides is 2. The molecule has 4 aromatic rings. The predicted octanol–water partition coefficient (Wildman–Crippen LogP) is 1.76. The molecule has 7 rings (SSSR count). The van der Waals surface area contributed by atoms with Crippen LogP contribution in [-0.4, -0.2) is 90.1 Å². The standard InChI is InChI=1S/C17H18BrN7O2.C12H15BrN6O/c1-9-5-24(16(27)17(8-19)2-3-17)6-11(9)22-13-10(14(20)26)4-21-25-7-12(18)23-15(13)25;1-6-2-15-4-8(6)17-10-7(11(14)20)3-16-19-5-9(13)18-12(10)19/h4,7,9,11,22H,2-3,5-6H2,1H3,(H2,20,26);3,5-6,8,15,17H,2,4H2,1H3,(H2,14,20)/t9-,11+;6-,8+/m00/s1. The molecule has 47 heavy (non-hydrogen) atoms. The zero-order valence-electron chi connectivity index (χ0n) is 25.6. The Balaban J connectivity index is 0.000000172. The smallest absolute Gasteiger partial charge is 0.252 e. The van der Waals surface area contributed by atoms with Gasteiger partial charge in [-0.05, 0) is 63.1 Å². The first-order valence-electron chi connectivity index (χ1n) is 15.0. The highest BCUT2D eigenvalue weighted by atomic mass is 79.9. The lowest BCUT2D eigenvalue weighted by Crippen LogP contribution is -2.36. The Kier molecular flexibility index (Phi) is 8.80. The van der Waals surface area contributed by atoms with E-state index in [-0.39, 0.29) is 29.5 Å². The Morgan fingerprint density at radius 2 is 1.43 bits per heavy atom. The summed E-state index contributed by atoms with van der Waals surface area (Å²) in [6.45, 7) is 6.99. The lowest BCUT2D eigenvalue weighted by molar-refractivity contribution is -0.134. The number of fused-ring (bicyclic) bond motifs is 2. The first-order chi connectivity index (χ1) is 22.4. The van der Waals surface area contributed by atoms with Gasteiger partial charge in [0.2, 0.25) is 5.91 Å². The monoisotopic (exact) mass is 769 g/mol. The molecule has 18 heteroatoms. The largest absolute Gasteiger partial charge is 0.377 e. The summed E-state index contributed by atoms with van der Waals surface area (Å²) in [7, 11) is 0. The van der Waals surface area contributed by atoms with Crippen LogP contribution in [0.3, 0.4) is 0 Å². The van der Waals surface area contributed by atoms with Crippen molar-refractivity contribution in [1.29, 1.82) is 5.26 Å². The quantitative estimate of drug-likeness (QED) is 0.182. The molecule has 3 amide bonds. The van der Waals surface area contributed by atoms with Crippen molar-refractivity contribution in [2.24, 2.45) is 28.7 Å². The van der Waals surface area contributed by atoms with Gasteiger partial charge in [-0.2, -0.15) is 15.5 Å². The summed E-state index contributed by atoms with van der Waals surface area (Å²) in [6.07, 6.45) is 7.56. The second-order valence-corrected chi connectivity index (χ2v) is 13.9. The maximum atomic E-state index is 12.7. The van der Waals surface area contributed by atoms with Gasteiger partial charge in [0, 0.05) is 31.7 Å². The van der Waals surface area contributed by atoms with Gasteiger partial charge >= 0.3 is 0 Å². The lowest BCUT2D eigenvalue weighted by Gasteiger charge is -2.21. The Morgan fingerprint density at radius 1 is 0.894 bits per heavy atom. The number of nitrogens with one attached hydrogen (secondary N) is 3. The second-order valence-electron chi connectivity index (χ2n) is 12.3. The predicted molar refractivity (Wildman–Crippen MR) is 178 cm³/mol. The minimum Gasteiger partial charge on any atom is -0.377 e. The van der Waals surface area contributed by atoms with Crippen molar-refractivity contribution < 1.29 is 14.4 Å². The number of nitrogens with two attached hydrogens (primary N) is 2. The number of anilines is 2. The Bertz CT molecular complexity index is 1930. The van der Waals surface area contributed by atoms with Gasteiger partial charge in [0.15, 0.2) is 11.3 Å². The molecule has 1 aliphatic carbocycles. The molecule has 0 bridgehead atoms. The second kappa shape index (κ2) is 12.7. The summed E-state index contributed by atoms with van der Waals surface area (Å²) in [6, 6.07) is 2.30. The number of carbonyl (C=O) groups excluding carboxylic acids is 3. The molecule has 4 atom stereocenters. The number of aromatic nitrogens is 6.